The third-order valence-corrected chi connectivity index (χ3v) is 10.9. The van der Waals surface area contributed by atoms with Crippen LogP contribution in [0.3, 0.4) is 0 Å². The normalized spacial score (nSPS) is 16.3. The van der Waals surface area contributed by atoms with Crippen LogP contribution in [0, 0.1) is 0 Å². The number of likely N-dealkylation sites (tertiary alicyclic amines) is 1. The molecule has 292 valence electrons. The maximum atomic E-state index is 13.6. The van der Waals surface area contributed by atoms with Gasteiger partial charge in [0.2, 0.25) is 0 Å². The molecule has 0 aliphatic carbocycles. The van der Waals surface area contributed by atoms with Crippen molar-refractivity contribution in [3.63, 3.8) is 0 Å². The number of fused-ring (bicyclic) bond motifs is 1. The summed E-state index contributed by atoms with van der Waals surface area (Å²) in [6, 6.07) is 29.1. The van der Waals surface area contributed by atoms with Crippen molar-refractivity contribution in [3.05, 3.63) is 102 Å². The van der Waals surface area contributed by atoms with Gasteiger partial charge in [0.1, 0.15) is 22.8 Å². The quantitative estimate of drug-likeness (QED) is 0.0564. The van der Waals surface area contributed by atoms with Crippen molar-refractivity contribution >= 4 is 24.9 Å². The molecule has 4 aromatic carbocycles. The van der Waals surface area contributed by atoms with Crippen LogP contribution in [0.25, 0.3) is 10.8 Å². The molecule has 1 amide bonds. The summed E-state index contributed by atoms with van der Waals surface area (Å²) in [5.74, 6) is 2.37. The predicted octanol–water partition coefficient (Wildman–Crippen LogP) is 10.2. The van der Waals surface area contributed by atoms with E-state index in [0.717, 1.165) is 76.6 Å². The molecule has 0 bridgehead atoms. The Hall–Kier alpha value is -4.09. The number of amides is 1. The van der Waals surface area contributed by atoms with E-state index < -0.39 is 13.7 Å². The van der Waals surface area contributed by atoms with Crippen LogP contribution in [-0.4, -0.2) is 71.0 Å². The van der Waals surface area contributed by atoms with E-state index in [0.29, 0.717) is 33.0 Å². The zero-order valence-electron chi connectivity index (χ0n) is 33.2. The highest BCUT2D eigenvalue weighted by atomic mass is 28.3. The number of carbonyl (C=O) groups is 1. The van der Waals surface area contributed by atoms with Crippen LogP contribution in [0.4, 0.5) is 4.79 Å². The molecule has 2 unspecified atom stereocenters. The minimum absolute atomic E-state index is 0.225. The molecule has 1 saturated heterocycles. The second kappa shape index (κ2) is 19.5. The molecule has 0 spiro atoms. The maximum Gasteiger partial charge on any atom is 0.410 e. The SMILES string of the molecule is COc1ccccc1COCCCOc1ccc(C2C(OCc3ccc4ccc(OCOCC[Si](C)(C)C)cc4c3)CCCN2C(=O)OC(C)(C)C)cc1. The van der Waals surface area contributed by atoms with E-state index in [1.54, 1.807) is 7.11 Å². The third kappa shape index (κ3) is 12.8. The topological polar surface area (TPSA) is 84.9 Å². The molecule has 0 saturated carbocycles. The first-order valence-corrected chi connectivity index (χ1v) is 22.9. The number of benzene rings is 4. The molecule has 9 nitrogen and oxygen atoms in total. The van der Waals surface area contributed by atoms with Crippen molar-refractivity contribution in [2.24, 2.45) is 0 Å². The van der Waals surface area contributed by atoms with Gasteiger partial charge in [0.25, 0.3) is 0 Å². The Labute approximate surface area is 322 Å². The van der Waals surface area contributed by atoms with Crippen molar-refractivity contribution < 1.29 is 38.0 Å². The minimum Gasteiger partial charge on any atom is -0.496 e. The Morgan fingerprint density at radius 1 is 0.815 bits per heavy atom. The zero-order chi connectivity index (χ0) is 38.6. The smallest absolute Gasteiger partial charge is 0.410 e. The third-order valence-electron chi connectivity index (χ3n) is 9.22. The summed E-state index contributed by atoms with van der Waals surface area (Å²) in [5, 5.41) is 2.20. The van der Waals surface area contributed by atoms with Crippen LogP contribution in [0.2, 0.25) is 25.7 Å². The van der Waals surface area contributed by atoms with Gasteiger partial charge in [-0.25, -0.2) is 4.79 Å². The summed E-state index contributed by atoms with van der Waals surface area (Å²) in [6.45, 7) is 16.2. The second-order valence-electron chi connectivity index (χ2n) is 16.1. The molecular weight excluding hydrogens is 699 g/mol. The van der Waals surface area contributed by atoms with E-state index >= 15 is 0 Å². The number of hydrogen-bond acceptors (Lipinski definition) is 8. The standard InChI is InChI=1S/C44H59NO8Si/c1-44(2,3)53-43(46)45-23-10-14-41(51-30-33-15-16-34-17-22-39(29-37(34)28-33)52-32-49-26-27-54(5,6)7)42(45)35-18-20-38(21-19-35)50-25-11-24-48-31-36-12-8-9-13-40(36)47-4/h8-9,12-13,15-22,28-29,41-42H,10-11,14,23-27,30-32H2,1-7H3. The van der Waals surface area contributed by atoms with E-state index in [1.165, 1.54) is 0 Å². The van der Waals surface area contributed by atoms with Crippen LogP contribution in [0.1, 0.15) is 62.8 Å². The molecule has 0 radical (unpaired) electrons. The highest BCUT2D eigenvalue weighted by Crippen LogP contribution is 2.36. The molecule has 1 aliphatic heterocycles. The number of para-hydroxylation sites is 1. The van der Waals surface area contributed by atoms with E-state index in [4.69, 9.17) is 33.2 Å². The van der Waals surface area contributed by atoms with Gasteiger partial charge in [-0.2, -0.15) is 0 Å². The molecular formula is C44H59NO8Si. The lowest BCUT2D eigenvalue weighted by atomic mass is 9.92. The van der Waals surface area contributed by atoms with E-state index in [-0.39, 0.29) is 25.0 Å². The van der Waals surface area contributed by atoms with E-state index in [1.807, 2.05) is 86.3 Å². The second-order valence-corrected chi connectivity index (χ2v) is 21.7. The average Bonchev–Trinajstić information content (AvgIpc) is 3.14. The Morgan fingerprint density at radius 2 is 1.57 bits per heavy atom. The Balaban J connectivity index is 1.20. The van der Waals surface area contributed by atoms with E-state index in [9.17, 15) is 4.79 Å². The van der Waals surface area contributed by atoms with Crippen molar-refractivity contribution in [1.29, 1.82) is 0 Å². The van der Waals surface area contributed by atoms with Crippen LogP contribution in [-0.2, 0) is 32.2 Å². The largest absolute Gasteiger partial charge is 0.496 e. The van der Waals surface area contributed by atoms with Crippen LogP contribution in [0.15, 0.2) is 84.9 Å². The monoisotopic (exact) mass is 757 g/mol. The Kier molecular flexibility index (Phi) is 14.8. The highest BCUT2D eigenvalue weighted by molar-refractivity contribution is 6.76. The minimum atomic E-state index is -1.14. The van der Waals surface area contributed by atoms with Crippen LogP contribution >= 0.6 is 0 Å². The van der Waals surface area contributed by atoms with Crippen molar-refractivity contribution in [2.45, 2.75) is 96.7 Å². The van der Waals surface area contributed by atoms with Gasteiger partial charge >= 0.3 is 6.09 Å². The van der Waals surface area contributed by atoms with Crippen LogP contribution in [0.5, 0.6) is 17.2 Å². The summed E-state index contributed by atoms with van der Waals surface area (Å²) in [6.07, 6.45) is 1.83. The molecule has 5 rings (SSSR count). The lowest BCUT2D eigenvalue weighted by Crippen LogP contribution is -2.47. The van der Waals surface area contributed by atoms with Gasteiger partial charge in [-0.3, -0.25) is 4.90 Å². The summed E-state index contributed by atoms with van der Waals surface area (Å²) in [5.41, 5.74) is 2.44. The molecule has 4 aromatic rings. The van der Waals surface area contributed by atoms with Gasteiger partial charge in [-0.05, 0) is 98.0 Å². The molecule has 54 heavy (non-hydrogen) atoms. The van der Waals surface area contributed by atoms with Gasteiger partial charge in [0, 0.05) is 33.2 Å². The predicted molar refractivity (Wildman–Crippen MR) is 216 cm³/mol. The number of methoxy groups -OCH3 is 1. The van der Waals surface area contributed by atoms with Crippen LogP contribution < -0.4 is 14.2 Å². The number of nitrogens with zero attached hydrogens (tertiary/aromatic N) is 1. The molecule has 2 atom stereocenters. The molecule has 1 fully saturated rings. The number of ether oxygens (including phenoxy) is 7. The van der Waals surface area contributed by atoms with Crippen molar-refractivity contribution in [2.75, 3.05) is 40.3 Å². The lowest BCUT2D eigenvalue weighted by molar-refractivity contribution is -0.0600. The molecule has 1 aliphatic rings. The first-order chi connectivity index (χ1) is 25.9. The Bertz CT molecular complexity index is 1770. The molecule has 10 heteroatoms. The van der Waals surface area contributed by atoms with Crippen molar-refractivity contribution in [1.82, 2.24) is 4.90 Å². The molecule has 0 aromatic heterocycles. The first kappa shape index (κ1) is 41.1. The van der Waals surface area contributed by atoms with Crippen molar-refractivity contribution in [3.8, 4) is 17.2 Å². The summed E-state index contributed by atoms with van der Waals surface area (Å²) in [7, 11) is 0.524. The number of hydrogen-bond donors (Lipinski definition) is 0. The summed E-state index contributed by atoms with van der Waals surface area (Å²) < 4.78 is 41.5. The molecule has 0 N–H and O–H groups in total. The summed E-state index contributed by atoms with van der Waals surface area (Å²) >= 11 is 0. The number of rotatable bonds is 18. The van der Waals surface area contributed by atoms with Gasteiger partial charge in [0.05, 0.1) is 45.7 Å². The lowest BCUT2D eigenvalue weighted by Gasteiger charge is -2.41. The Morgan fingerprint density at radius 3 is 2.33 bits per heavy atom. The molecule has 1 heterocycles. The van der Waals surface area contributed by atoms with Gasteiger partial charge in [0.15, 0.2) is 6.79 Å². The maximum absolute atomic E-state index is 13.6. The van der Waals surface area contributed by atoms with Gasteiger partial charge in [-0.1, -0.05) is 68.2 Å². The summed E-state index contributed by atoms with van der Waals surface area (Å²) in [4.78, 5) is 15.4. The fourth-order valence-corrected chi connectivity index (χ4v) is 7.13. The fourth-order valence-electron chi connectivity index (χ4n) is 6.38. The van der Waals surface area contributed by atoms with E-state index in [2.05, 4.69) is 43.9 Å². The average molecular weight is 758 g/mol. The fraction of sp³-hybridized carbons (Fsp3) is 0.477. The highest BCUT2D eigenvalue weighted by Gasteiger charge is 2.38. The van der Waals surface area contributed by atoms with Gasteiger partial charge < -0.3 is 33.2 Å². The number of carbonyl (C=O) groups excluding carboxylic acids is 1. The first-order valence-electron chi connectivity index (χ1n) is 19.2. The van der Waals surface area contributed by atoms with Gasteiger partial charge in [-0.15, -0.1) is 0 Å². The number of piperidine rings is 1. The zero-order valence-corrected chi connectivity index (χ0v) is 34.2.